The van der Waals surface area contributed by atoms with Gasteiger partial charge in [-0.15, -0.1) is 26.6 Å². The molecular weight excluding hydrogens is 1290 g/mol. The van der Waals surface area contributed by atoms with Crippen molar-refractivity contribution >= 4 is 81.5 Å². The number of aromatic nitrogens is 10. The van der Waals surface area contributed by atoms with Crippen LogP contribution in [0.15, 0.2) is 220 Å². The number of ketones is 4. The largest absolute Gasteiger partial charge is 0.508 e. The molecule has 23 heteroatoms. The summed E-state index contributed by atoms with van der Waals surface area (Å²) in [6.45, 7) is 13.3. The second-order valence-corrected chi connectivity index (χ2v) is 26.6. The zero-order valence-electron chi connectivity index (χ0n) is 52.8. The molecule has 18 nitrogen and oxygen atoms in total. The molecule has 12 aromatic rings. The van der Waals surface area contributed by atoms with Gasteiger partial charge in [0.15, 0.2) is 37.8 Å². The quantitative estimate of drug-likeness (QED) is 0.0409. The molecule has 0 radical (unpaired) electrons. The lowest BCUT2D eigenvalue weighted by atomic mass is 10.1. The maximum absolute atomic E-state index is 12.3. The van der Waals surface area contributed by atoms with Gasteiger partial charge in [0.1, 0.15) is 29.3 Å². The highest BCUT2D eigenvalue weighted by atomic mass is 32.2. The Morgan fingerprint density at radius 3 is 1.31 bits per heavy atom. The number of thioether (sulfide) groups is 4. The Labute approximate surface area is 570 Å². The molecule has 482 valence electrons. The van der Waals surface area contributed by atoms with Crippen LogP contribution in [0.3, 0.4) is 0 Å². The van der Waals surface area contributed by atoms with Gasteiger partial charge < -0.3 is 20.4 Å². The van der Waals surface area contributed by atoms with Crippen molar-refractivity contribution in [1.29, 1.82) is 0 Å². The maximum Gasteiger partial charge on any atom is 0.214 e. The molecule has 4 aromatic heterocycles. The molecule has 4 N–H and O–H groups in total. The lowest BCUT2D eigenvalue weighted by Gasteiger charge is -2.08. The normalized spacial score (nSPS) is 10.7. The molecule has 0 bridgehead atoms. The summed E-state index contributed by atoms with van der Waals surface area (Å²) in [6, 6.07) is 53.9. The van der Waals surface area contributed by atoms with Crippen molar-refractivity contribution < 1.29 is 39.6 Å². The predicted octanol–water partition coefficient (Wildman–Crippen LogP) is 15.5. The van der Waals surface area contributed by atoms with Crippen LogP contribution < -0.4 is 0 Å². The van der Waals surface area contributed by atoms with Crippen LogP contribution in [0, 0.1) is 48.5 Å². The van der Waals surface area contributed by atoms with Gasteiger partial charge in [-0.25, -0.2) is 9.97 Å². The van der Waals surface area contributed by atoms with Crippen molar-refractivity contribution in [3.05, 3.63) is 261 Å². The fourth-order valence-corrected chi connectivity index (χ4v) is 12.9. The summed E-state index contributed by atoms with van der Waals surface area (Å²) < 4.78 is 6.28. The van der Waals surface area contributed by atoms with E-state index >= 15 is 0 Å². The first kappa shape index (κ1) is 69.4. The highest BCUT2D eigenvalue weighted by Crippen LogP contribution is 2.31. The molecule has 0 fully saturated rings. The number of carbonyl (C=O) groups excluding carboxylic acids is 4. The molecule has 0 saturated heterocycles. The van der Waals surface area contributed by atoms with Crippen molar-refractivity contribution in [2.75, 3.05) is 23.0 Å². The number of phenols is 4. The zero-order valence-corrected chi connectivity index (χ0v) is 56.9. The standard InChI is InChI=1S/C19H18N2O2S.C18H17N3O2S.C18H15NO2S2.C17H16N4O2S/c1-13-3-7-16(8-4-13)21-10-9-20-19(21)24-12-18(23)15-6-5-14(2)17(22)11-15;1-12-3-7-15(8-4-12)21-11-19-20-18(21)24-10-17(23)14-6-5-13(2)16(22)9-14;1-12-7-8-14(9-16(12)20)17(21)11-23-18-19-15(10-22-18)13-5-3-2-4-6-13;1-11-3-7-14(8-4-11)21-17(18-19-20-21)24-10-16(23)13-6-5-12(2)15(22)9-13/h3-11,22H,12H2,1-2H3;3-9,11,22H,10H2,1-2H3;2-10,20H,11H2,1H3;3-9,22H,10H2,1-2H3. The van der Waals surface area contributed by atoms with Crippen LogP contribution in [0.5, 0.6) is 23.0 Å². The Morgan fingerprint density at radius 1 is 0.442 bits per heavy atom. The van der Waals surface area contributed by atoms with Gasteiger partial charge >= 0.3 is 0 Å². The van der Waals surface area contributed by atoms with E-state index < -0.39 is 0 Å². The molecule has 0 saturated carbocycles. The van der Waals surface area contributed by atoms with Crippen LogP contribution in [-0.2, 0) is 0 Å². The Hall–Kier alpha value is -9.91. The minimum atomic E-state index is -0.0891. The highest BCUT2D eigenvalue weighted by molar-refractivity contribution is 8.01. The van der Waals surface area contributed by atoms with Crippen LogP contribution in [0.25, 0.3) is 28.3 Å². The van der Waals surface area contributed by atoms with Gasteiger partial charge in [-0.05, 0) is 142 Å². The van der Waals surface area contributed by atoms with Crippen LogP contribution >= 0.6 is 58.4 Å². The third-order valence-corrected chi connectivity index (χ3v) is 19.3. The number of aryl methyl sites for hydroxylation is 7. The molecule has 0 atom stereocenters. The van der Waals surface area contributed by atoms with Crippen LogP contribution in [0.1, 0.15) is 80.4 Å². The Balaban J connectivity index is 0.000000149. The van der Waals surface area contributed by atoms with Gasteiger partial charge in [0.2, 0.25) is 5.16 Å². The second kappa shape index (κ2) is 33.3. The number of hydrogen-bond acceptors (Lipinski definition) is 20. The fourth-order valence-electron chi connectivity index (χ4n) is 8.67. The smallest absolute Gasteiger partial charge is 0.214 e. The number of hydrogen-bond donors (Lipinski definition) is 4. The van der Waals surface area contributed by atoms with Crippen LogP contribution in [0.4, 0.5) is 0 Å². The van der Waals surface area contributed by atoms with E-state index in [1.807, 2.05) is 145 Å². The van der Waals surface area contributed by atoms with Crippen LogP contribution in [-0.4, -0.2) is 116 Å². The van der Waals surface area contributed by atoms with Gasteiger partial charge in [-0.1, -0.05) is 179 Å². The van der Waals surface area contributed by atoms with Gasteiger partial charge in [0, 0.05) is 57.0 Å². The molecule has 0 aliphatic rings. The lowest BCUT2D eigenvalue weighted by molar-refractivity contribution is 0.101. The van der Waals surface area contributed by atoms with Crippen molar-refractivity contribution in [2.45, 2.75) is 68.3 Å². The number of nitrogens with zero attached hydrogens (tertiary/aromatic N) is 10. The molecular formula is C72H66N10O8S5. The van der Waals surface area contributed by atoms with E-state index in [0.29, 0.717) is 38.3 Å². The number of tetrazole rings is 1. The number of Topliss-reactive ketones (excluding diaryl/α,β-unsaturated/α-hetero) is 4. The van der Waals surface area contributed by atoms with E-state index in [1.54, 1.807) is 93.4 Å². The highest BCUT2D eigenvalue weighted by Gasteiger charge is 2.18. The maximum atomic E-state index is 12.3. The minimum absolute atomic E-state index is 0.0123. The number of thiazole rings is 1. The van der Waals surface area contributed by atoms with E-state index in [-0.39, 0.29) is 63.4 Å². The second-order valence-electron chi connectivity index (χ2n) is 21.7. The van der Waals surface area contributed by atoms with Crippen molar-refractivity contribution in [3.63, 3.8) is 0 Å². The first-order valence-corrected chi connectivity index (χ1v) is 34.3. The fraction of sp³-hybridized carbons (Fsp3) is 0.153. The number of aromatic hydroxyl groups is 4. The van der Waals surface area contributed by atoms with E-state index in [0.717, 1.165) is 65.6 Å². The topological polar surface area (TPSA) is 254 Å². The van der Waals surface area contributed by atoms with Crippen molar-refractivity contribution in [1.82, 2.24) is 49.5 Å². The number of phenolic OH excluding ortho intramolecular Hbond substituents is 4. The SMILES string of the molecule is Cc1ccc(-n2ccnc2SCC(=O)c2ccc(C)c(O)c2)cc1.Cc1ccc(-n2cnnc2SCC(=O)c2ccc(C)c(O)c2)cc1.Cc1ccc(-n2nnnc2SCC(=O)c2ccc(C)c(O)c2)cc1.Cc1ccc(C(=O)CSc2nc(-c3ccccc3)cs2)cc1O. The van der Waals surface area contributed by atoms with Gasteiger partial charge in [0.05, 0.1) is 34.4 Å². The molecule has 0 unspecified atom stereocenters. The monoisotopic (exact) mass is 1360 g/mol. The van der Waals surface area contributed by atoms with Gasteiger partial charge in [-0.3, -0.25) is 28.3 Å². The summed E-state index contributed by atoms with van der Waals surface area (Å²) in [7, 11) is 0. The number of benzene rings is 8. The minimum Gasteiger partial charge on any atom is -0.508 e. The number of carbonyl (C=O) groups is 4. The van der Waals surface area contributed by atoms with E-state index in [1.165, 1.54) is 93.8 Å². The summed E-state index contributed by atoms with van der Waals surface area (Å²) in [6.07, 6.45) is 5.24. The van der Waals surface area contributed by atoms with Crippen LogP contribution in [0.2, 0.25) is 0 Å². The average molecular weight is 1360 g/mol. The summed E-state index contributed by atoms with van der Waals surface area (Å²) >= 11 is 6.93. The summed E-state index contributed by atoms with van der Waals surface area (Å²) in [5, 5.41) is 62.5. The Morgan fingerprint density at radius 2 is 0.853 bits per heavy atom. The van der Waals surface area contributed by atoms with E-state index in [4.69, 9.17) is 0 Å². The summed E-state index contributed by atoms with van der Waals surface area (Å²) in [5.41, 5.74) is 13.4. The van der Waals surface area contributed by atoms with E-state index in [9.17, 15) is 39.6 Å². The average Bonchev–Trinajstić information content (AvgIpc) is 1.83. The third kappa shape index (κ3) is 19.4. The molecule has 4 heterocycles. The molecule has 12 rings (SSSR count). The first-order valence-electron chi connectivity index (χ1n) is 29.5. The molecule has 0 spiro atoms. The first-order chi connectivity index (χ1) is 45.8. The zero-order chi connectivity index (χ0) is 67.5. The molecule has 0 aliphatic carbocycles. The van der Waals surface area contributed by atoms with Crippen molar-refractivity contribution in [2.24, 2.45) is 0 Å². The third-order valence-electron chi connectivity index (χ3n) is 14.5. The molecule has 8 aromatic carbocycles. The van der Waals surface area contributed by atoms with Gasteiger partial charge in [-0.2, -0.15) is 4.68 Å². The summed E-state index contributed by atoms with van der Waals surface area (Å²) in [4.78, 5) is 58.0. The lowest BCUT2D eigenvalue weighted by Crippen LogP contribution is -2.05. The molecule has 0 aliphatic heterocycles. The molecule has 0 amide bonds. The summed E-state index contributed by atoms with van der Waals surface area (Å²) in [5.74, 6) is 1.35. The van der Waals surface area contributed by atoms with E-state index in [2.05, 4.69) is 35.7 Å². The van der Waals surface area contributed by atoms with Gasteiger partial charge in [0.25, 0.3) is 0 Å². The Kier molecular flexibility index (Phi) is 24.3. The molecule has 95 heavy (non-hydrogen) atoms. The number of imidazole rings is 1. The predicted molar refractivity (Wildman–Crippen MR) is 377 cm³/mol. The number of rotatable bonds is 20. The Bertz CT molecular complexity index is 4260. The van der Waals surface area contributed by atoms with Crippen molar-refractivity contribution in [3.8, 4) is 51.3 Å².